The minimum absolute atomic E-state index is 0.0315. The lowest BCUT2D eigenvalue weighted by molar-refractivity contribution is -0.384. The zero-order valence-electron chi connectivity index (χ0n) is 31.5. The highest BCUT2D eigenvalue weighted by molar-refractivity contribution is 7.89. The number of rotatable bonds is 10. The lowest BCUT2D eigenvalue weighted by Gasteiger charge is -2.40. The topological polar surface area (TPSA) is 166 Å². The fourth-order valence-electron chi connectivity index (χ4n) is 6.78. The number of fused-ring (bicyclic) bond motifs is 3. The maximum absolute atomic E-state index is 14.6. The third-order valence-electron chi connectivity index (χ3n) is 8.65. The van der Waals surface area contributed by atoms with Gasteiger partial charge < -0.3 is 23.4 Å². The Morgan fingerprint density at radius 1 is 1.09 bits per heavy atom. The van der Waals surface area contributed by atoms with Crippen molar-refractivity contribution < 1.29 is 46.3 Å². The number of nitro benzene ring substituents is 1. The summed E-state index contributed by atoms with van der Waals surface area (Å²) >= 11 is 0. The Bertz CT molecular complexity index is 1960. The van der Waals surface area contributed by atoms with Crippen LogP contribution in [0.15, 0.2) is 53.4 Å². The van der Waals surface area contributed by atoms with Crippen molar-refractivity contribution in [2.75, 3.05) is 40.7 Å². The van der Waals surface area contributed by atoms with Gasteiger partial charge in [0, 0.05) is 36.9 Å². The van der Waals surface area contributed by atoms with E-state index in [1.54, 1.807) is 45.0 Å². The molecule has 0 radical (unpaired) electrons. The minimum Gasteiger partial charge on any atom is -0.469 e. The molecule has 3 atom stereocenters. The average Bonchev–Trinajstić information content (AvgIpc) is 3.39. The van der Waals surface area contributed by atoms with E-state index in [0.29, 0.717) is 22.2 Å². The number of hydrogen-bond acceptors (Lipinski definition) is 11. The minimum atomic E-state index is -4.37. The van der Waals surface area contributed by atoms with Gasteiger partial charge in [-0.1, -0.05) is 24.1 Å². The summed E-state index contributed by atoms with van der Waals surface area (Å²) in [7, 11) is -4.15. The number of methoxy groups -OCH3 is 2. The van der Waals surface area contributed by atoms with Crippen molar-refractivity contribution in [3.8, 4) is 12.3 Å². The van der Waals surface area contributed by atoms with Crippen LogP contribution in [0.25, 0.3) is 10.9 Å². The quantitative estimate of drug-likeness (QED) is 0.0446. The monoisotopic (exact) mass is 771 g/mol. The van der Waals surface area contributed by atoms with Gasteiger partial charge in [-0.15, -0.1) is 6.42 Å². The number of ether oxygens (including phenoxy) is 4. The van der Waals surface area contributed by atoms with Gasteiger partial charge >= 0.3 is 12.1 Å². The Hall–Kier alpha value is -4.11. The number of nitrogens with zero attached hydrogens (tertiary/aromatic N) is 3. The number of para-hydroxylation sites is 1. The van der Waals surface area contributed by atoms with E-state index >= 15 is 0 Å². The maximum Gasteiger partial charge on any atom is 0.419 e. The largest absolute Gasteiger partial charge is 0.469 e. The van der Waals surface area contributed by atoms with Crippen molar-refractivity contribution in [3.63, 3.8) is 0 Å². The van der Waals surface area contributed by atoms with Crippen molar-refractivity contribution in [2.45, 2.75) is 81.7 Å². The molecule has 2 aromatic carbocycles. The lowest BCUT2D eigenvalue weighted by atomic mass is 9.83. The van der Waals surface area contributed by atoms with E-state index in [1.165, 1.54) is 35.2 Å². The van der Waals surface area contributed by atoms with Crippen LogP contribution in [0.5, 0.6) is 0 Å². The molecule has 1 aliphatic heterocycles. The Kier molecular flexibility index (Phi) is 13.0. The standard InChI is InChI=1S/C37H49N3O11SSi/c1-10-37(51-53(7,8)9)22-26(23-49-25-47-5)21-31(34(41)48-6)33-30(29-13-11-12-14-32(29)39(33)35(42)50-36(2,3)4)19-20-38(24-37)52(45,46)28-17-15-27(16-18-28)40(43)44/h1,11-18,26,31H,19-25H2,2-9H3/t26-,31-,37+/m1/s1. The molecular weight excluding hydrogens is 723 g/mol. The van der Waals surface area contributed by atoms with Gasteiger partial charge in [-0.3, -0.25) is 14.9 Å². The third-order valence-corrected chi connectivity index (χ3v) is 11.5. The summed E-state index contributed by atoms with van der Waals surface area (Å²) in [6.45, 7) is 10.5. The molecule has 0 saturated carbocycles. The summed E-state index contributed by atoms with van der Waals surface area (Å²) in [5.74, 6) is 0.575. The third kappa shape index (κ3) is 9.91. The first-order valence-corrected chi connectivity index (χ1v) is 22.0. The van der Waals surface area contributed by atoms with Crippen LogP contribution in [0.3, 0.4) is 0 Å². The number of hydrogen-bond donors (Lipinski definition) is 0. The molecule has 16 heteroatoms. The van der Waals surface area contributed by atoms with Gasteiger partial charge in [0.2, 0.25) is 10.0 Å². The predicted octanol–water partition coefficient (Wildman–Crippen LogP) is 6.08. The lowest BCUT2D eigenvalue weighted by Crippen LogP contribution is -2.52. The van der Waals surface area contributed by atoms with Crippen LogP contribution in [0.4, 0.5) is 10.5 Å². The van der Waals surface area contributed by atoms with Gasteiger partial charge in [0.25, 0.3) is 5.69 Å². The van der Waals surface area contributed by atoms with Gasteiger partial charge in [-0.05, 0) is 89.4 Å². The Balaban J connectivity index is 2.06. The van der Waals surface area contributed by atoms with Crippen molar-refractivity contribution >= 4 is 47.0 Å². The molecule has 3 aromatic rings. The van der Waals surface area contributed by atoms with E-state index in [2.05, 4.69) is 5.92 Å². The molecule has 0 spiro atoms. The molecule has 0 fully saturated rings. The van der Waals surface area contributed by atoms with Crippen molar-refractivity contribution in [2.24, 2.45) is 5.92 Å². The zero-order chi connectivity index (χ0) is 39.4. The second-order valence-electron chi connectivity index (χ2n) is 15.0. The fourth-order valence-corrected chi connectivity index (χ4v) is 9.65. The van der Waals surface area contributed by atoms with E-state index in [0.717, 1.165) is 12.1 Å². The summed E-state index contributed by atoms with van der Waals surface area (Å²) in [4.78, 5) is 38.7. The maximum atomic E-state index is 14.6. The first-order valence-electron chi connectivity index (χ1n) is 17.2. The van der Waals surface area contributed by atoms with E-state index in [-0.39, 0.29) is 56.3 Å². The van der Waals surface area contributed by atoms with E-state index in [9.17, 15) is 28.1 Å². The van der Waals surface area contributed by atoms with Crippen LogP contribution < -0.4 is 0 Å². The number of aromatic nitrogens is 1. The molecule has 0 bridgehead atoms. The number of sulfonamides is 1. The van der Waals surface area contributed by atoms with Crippen molar-refractivity contribution in [3.05, 3.63) is 69.9 Å². The second-order valence-corrected chi connectivity index (χ2v) is 21.4. The molecule has 53 heavy (non-hydrogen) atoms. The molecule has 0 amide bonds. The molecule has 0 N–H and O–H groups in total. The smallest absolute Gasteiger partial charge is 0.419 e. The Morgan fingerprint density at radius 2 is 1.75 bits per heavy atom. The van der Waals surface area contributed by atoms with Crippen molar-refractivity contribution in [1.82, 2.24) is 8.87 Å². The first kappa shape index (κ1) is 41.6. The Morgan fingerprint density at radius 3 is 2.32 bits per heavy atom. The fraction of sp³-hybridized carbons (Fsp3) is 0.514. The summed E-state index contributed by atoms with van der Waals surface area (Å²) in [5.41, 5.74) is -1.35. The van der Waals surface area contributed by atoms with Crippen LogP contribution in [-0.2, 0) is 44.6 Å². The van der Waals surface area contributed by atoms with Gasteiger partial charge in [0.15, 0.2) is 8.32 Å². The number of nitro groups is 1. The highest BCUT2D eigenvalue weighted by Gasteiger charge is 2.44. The van der Waals surface area contributed by atoms with Gasteiger partial charge in [-0.25, -0.2) is 17.8 Å². The summed E-state index contributed by atoms with van der Waals surface area (Å²) < 4.78 is 60.8. The number of esters is 1. The number of terminal acetylenes is 1. The predicted molar refractivity (Wildman–Crippen MR) is 200 cm³/mol. The van der Waals surface area contributed by atoms with E-state index in [1.807, 2.05) is 19.6 Å². The molecule has 0 aliphatic carbocycles. The molecule has 0 unspecified atom stereocenters. The summed E-state index contributed by atoms with van der Waals surface area (Å²) in [5, 5.41) is 12.0. The second kappa shape index (κ2) is 16.5. The SMILES string of the molecule is C#C[C@]1(O[Si](C)(C)C)C[C@H](COCOC)C[C@@H](C(=O)OC)c2c(c3ccccc3n2C(=O)OC(C)(C)C)CCN(S(=O)(=O)c2ccc([N+](=O)[O-])cc2)C1. The molecule has 14 nitrogen and oxygen atoms in total. The van der Waals surface area contributed by atoms with E-state index in [4.69, 9.17) is 29.8 Å². The number of carbonyl (C=O) groups is 2. The van der Waals surface area contributed by atoms with Gasteiger partial charge in [-0.2, -0.15) is 4.31 Å². The Labute approximate surface area is 312 Å². The average molecular weight is 772 g/mol. The molecule has 1 aliphatic rings. The van der Waals surface area contributed by atoms with Crippen LogP contribution in [-0.4, -0.2) is 94.5 Å². The molecule has 4 rings (SSSR count). The molecular formula is C37H49N3O11SSi. The summed E-state index contributed by atoms with van der Waals surface area (Å²) in [6.07, 6.45) is 5.76. The van der Waals surface area contributed by atoms with Crippen LogP contribution in [0, 0.1) is 28.4 Å². The van der Waals surface area contributed by atoms with Crippen LogP contribution >= 0.6 is 0 Å². The summed E-state index contributed by atoms with van der Waals surface area (Å²) in [6, 6.07) is 11.7. The highest BCUT2D eigenvalue weighted by atomic mass is 32.2. The number of non-ortho nitro benzene ring substituents is 1. The number of benzene rings is 2. The number of carbonyl (C=O) groups excluding carboxylic acids is 2. The molecule has 2 heterocycles. The van der Waals surface area contributed by atoms with Gasteiger partial charge in [0.05, 0.1) is 41.5 Å². The normalized spacial score (nSPS) is 20.5. The van der Waals surface area contributed by atoms with Crippen LogP contribution in [0.1, 0.15) is 50.8 Å². The highest BCUT2D eigenvalue weighted by Crippen LogP contribution is 2.40. The molecule has 0 saturated heterocycles. The van der Waals surface area contributed by atoms with Crippen LogP contribution in [0.2, 0.25) is 19.6 Å². The van der Waals surface area contributed by atoms with Crippen molar-refractivity contribution in [1.29, 1.82) is 0 Å². The first-order chi connectivity index (χ1) is 24.8. The molecule has 288 valence electrons. The van der Waals surface area contributed by atoms with E-state index < -0.39 is 58.4 Å². The zero-order valence-corrected chi connectivity index (χ0v) is 33.4. The molecule has 1 aromatic heterocycles. The van der Waals surface area contributed by atoms with Gasteiger partial charge in [0.1, 0.15) is 18.0 Å².